The Hall–Kier alpha value is -2.14. The van der Waals surface area contributed by atoms with Crippen LogP contribution in [0.15, 0.2) is 46.3 Å². The van der Waals surface area contributed by atoms with Crippen LogP contribution in [0, 0.1) is 0 Å². The molecule has 5 heteroatoms. The lowest BCUT2D eigenvalue weighted by Crippen LogP contribution is -1.86. The molecule has 1 aromatic carbocycles. The molecule has 0 unspecified atom stereocenters. The second-order valence-electron chi connectivity index (χ2n) is 4.00. The third-order valence-electron chi connectivity index (χ3n) is 2.72. The summed E-state index contributed by atoms with van der Waals surface area (Å²) in [5, 5.41) is 6.04. The van der Waals surface area contributed by atoms with E-state index in [-0.39, 0.29) is 0 Å². The van der Waals surface area contributed by atoms with E-state index in [0.29, 0.717) is 18.1 Å². The fourth-order valence-electron chi connectivity index (χ4n) is 1.75. The Bertz CT molecular complexity index is 644. The van der Waals surface area contributed by atoms with E-state index in [0.717, 1.165) is 11.3 Å². The van der Waals surface area contributed by atoms with Gasteiger partial charge in [0.25, 0.3) is 0 Å². The lowest BCUT2D eigenvalue weighted by molar-refractivity contribution is 0.386. The number of nitrogens with zero attached hydrogens (tertiary/aromatic N) is 2. The first kappa shape index (κ1) is 11.9. The van der Waals surface area contributed by atoms with Gasteiger partial charge in [-0.1, -0.05) is 11.2 Å². The molecule has 4 nitrogen and oxygen atoms in total. The molecular weight excluding hydrogens is 260 g/mol. The zero-order chi connectivity index (χ0) is 13.1. The predicted octanol–water partition coefficient (Wildman–Crippen LogP) is 3.40. The van der Waals surface area contributed by atoms with Gasteiger partial charge in [-0.15, -0.1) is 11.3 Å². The molecule has 0 saturated heterocycles. The fraction of sp³-hybridized carbons (Fsp3) is 0.143. The van der Waals surface area contributed by atoms with Crippen molar-refractivity contribution in [3.8, 4) is 17.1 Å². The second kappa shape index (κ2) is 5.24. The fourth-order valence-corrected chi connectivity index (χ4v) is 2.44. The van der Waals surface area contributed by atoms with Crippen LogP contribution in [0.3, 0.4) is 0 Å². The van der Waals surface area contributed by atoms with Gasteiger partial charge in [-0.05, 0) is 35.7 Å². The van der Waals surface area contributed by atoms with Crippen LogP contribution in [0.1, 0.15) is 10.8 Å². The van der Waals surface area contributed by atoms with Gasteiger partial charge in [0.15, 0.2) is 0 Å². The van der Waals surface area contributed by atoms with Crippen molar-refractivity contribution in [3.05, 3.63) is 52.5 Å². The molecule has 0 saturated carbocycles. The molecule has 3 rings (SSSR count). The molecule has 0 N–H and O–H groups in total. The summed E-state index contributed by atoms with van der Waals surface area (Å²) in [6.07, 6.45) is 0.681. The van der Waals surface area contributed by atoms with Crippen molar-refractivity contribution in [3.63, 3.8) is 0 Å². The Kier molecular flexibility index (Phi) is 3.29. The van der Waals surface area contributed by atoms with Crippen LogP contribution < -0.4 is 4.74 Å². The van der Waals surface area contributed by atoms with Crippen LogP contribution in [0.4, 0.5) is 0 Å². The first-order chi connectivity index (χ1) is 9.35. The van der Waals surface area contributed by atoms with Crippen molar-refractivity contribution in [2.45, 2.75) is 6.42 Å². The van der Waals surface area contributed by atoms with E-state index in [1.807, 2.05) is 35.7 Å². The maximum atomic E-state index is 5.26. The van der Waals surface area contributed by atoms with Crippen LogP contribution in [0.25, 0.3) is 11.4 Å². The van der Waals surface area contributed by atoms with E-state index in [9.17, 15) is 0 Å². The van der Waals surface area contributed by atoms with E-state index in [1.165, 1.54) is 4.88 Å². The van der Waals surface area contributed by atoms with E-state index < -0.39 is 0 Å². The highest BCUT2D eigenvalue weighted by Crippen LogP contribution is 2.21. The number of benzene rings is 1. The van der Waals surface area contributed by atoms with Crippen molar-refractivity contribution >= 4 is 11.3 Å². The molecule has 0 aliphatic heterocycles. The summed E-state index contributed by atoms with van der Waals surface area (Å²) >= 11 is 1.68. The van der Waals surface area contributed by atoms with E-state index >= 15 is 0 Å². The van der Waals surface area contributed by atoms with E-state index in [2.05, 4.69) is 16.2 Å². The summed E-state index contributed by atoms with van der Waals surface area (Å²) in [4.78, 5) is 5.61. The Morgan fingerprint density at radius 2 is 2.05 bits per heavy atom. The summed E-state index contributed by atoms with van der Waals surface area (Å²) in [7, 11) is 1.64. The molecule has 0 aliphatic rings. The van der Waals surface area contributed by atoms with Gasteiger partial charge in [0.1, 0.15) is 5.75 Å². The third kappa shape index (κ3) is 2.66. The molecule has 2 heterocycles. The number of aromatic nitrogens is 2. The molecule has 0 bridgehead atoms. The highest BCUT2D eigenvalue weighted by atomic mass is 32.1. The molecular formula is C14H12N2O2S. The summed E-state index contributed by atoms with van der Waals surface area (Å²) in [5.74, 6) is 2.05. The number of hydrogen-bond acceptors (Lipinski definition) is 5. The van der Waals surface area contributed by atoms with Crippen LogP contribution in [0.2, 0.25) is 0 Å². The van der Waals surface area contributed by atoms with Crippen molar-refractivity contribution in [1.82, 2.24) is 10.1 Å². The van der Waals surface area contributed by atoms with Gasteiger partial charge in [-0.2, -0.15) is 4.98 Å². The molecule has 19 heavy (non-hydrogen) atoms. The number of hydrogen-bond donors (Lipinski definition) is 0. The minimum atomic E-state index is 0.606. The van der Waals surface area contributed by atoms with Gasteiger partial charge in [0.2, 0.25) is 11.7 Å². The molecule has 0 fully saturated rings. The number of ether oxygens (including phenoxy) is 1. The molecule has 0 aliphatic carbocycles. The van der Waals surface area contributed by atoms with Gasteiger partial charge >= 0.3 is 0 Å². The van der Waals surface area contributed by atoms with Crippen LogP contribution >= 0.6 is 11.3 Å². The largest absolute Gasteiger partial charge is 0.497 e. The van der Waals surface area contributed by atoms with Crippen molar-refractivity contribution in [2.75, 3.05) is 7.11 Å². The maximum absolute atomic E-state index is 5.26. The lowest BCUT2D eigenvalue weighted by atomic mass is 10.2. The monoisotopic (exact) mass is 272 g/mol. The standard InChI is InChI=1S/C14H12N2O2S/c1-17-11-6-4-10(5-7-11)14-15-13(18-16-14)9-12-3-2-8-19-12/h2-8H,9H2,1H3. The summed E-state index contributed by atoms with van der Waals surface area (Å²) in [5.41, 5.74) is 0.918. The Morgan fingerprint density at radius 3 is 2.74 bits per heavy atom. The zero-order valence-electron chi connectivity index (χ0n) is 10.4. The van der Waals surface area contributed by atoms with Gasteiger partial charge in [0.05, 0.1) is 13.5 Å². The van der Waals surface area contributed by atoms with Crippen LogP contribution in [0.5, 0.6) is 5.75 Å². The van der Waals surface area contributed by atoms with Crippen molar-refractivity contribution in [2.24, 2.45) is 0 Å². The molecule has 0 amide bonds. The SMILES string of the molecule is COc1ccc(-c2noc(Cc3cccs3)n2)cc1. The molecule has 2 aromatic heterocycles. The summed E-state index contributed by atoms with van der Waals surface area (Å²) < 4.78 is 10.4. The van der Waals surface area contributed by atoms with Crippen molar-refractivity contribution < 1.29 is 9.26 Å². The van der Waals surface area contributed by atoms with Crippen LogP contribution in [-0.4, -0.2) is 17.3 Å². The van der Waals surface area contributed by atoms with Gasteiger partial charge in [-0.3, -0.25) is 0 Å². The average molecular weight is 272 g/mol. The average Bonchev–Trinajstić information content (AvgIpc) is 3.11. The maximum Gasteiger partial charge on any atom is 0.232 e. The predicted molar refractivity (Wildman–Crippen MR) is 73.4 cm³/mol. The van der Waals surface area contributed by atoms with Crippen LogP contribution in [-0.2, 0) is 6.42 Å². The molecule has 96 valence electrons. The highest BCUT2D eigenvalue weighted by Gasteiger charge is 2.09. The quantitative estimate of drug-likeness (QED) is 0.730. The van der Waals surface area contributed by atoms with E-state index in [1.54, 1.807) is 18.4 Å². The first-order valence-corrected chi connectivity index (χ1v) is 6.72. The smallest absolute Gasteiger partial charge is 0.232 e. The van der Waals surface area contributed by atoms with Gasteiger partial charge in [0, 0.05) is 10.4 Å². The Balaban J connectivity index is 1.80. The Labute approximate surface area is 114 Å². The lowest BCUT2D eigenvalue weighted by Gasteiger charge is -1.98. The van der Waals surface area contributed by atoms with E-state index in [4.69, 9.17) is 9.26 Å². The van der Waals surface area contributed by atoms with Gasteiger partial charge < -0.3 is 9.26 Å². The summed E-state index contributed by atoms with van der Waals surface area (Å²) in [6, 6.07) is 11.7. The molecule has 0 atom stereocenters. The number of rotatable bonds is 4. The minimum absolute atomic E-state index is 0.606. The molecule has 3 aromatic rings. The summed E-state index contributed by atoms with van der Waals surface area (Å²) in [6.45, 7) is 0. The highest BCUT2D eigenvalue weighted by molar-refractivity contribution is 7.09. The minimum Gasteiger partial charge on any atom is -0.497 e. The third-order valence-corrected chi connectivity index (χ3v) is 3.60. The number of methoxy groups -OCH3 is 1. The van der Waals surface area contributed by atoms with Gasteiger partial charge in [-0.25, -0.2) is 0 Å². The molecule has 0 spiro atoms. The Morgan fingerprint density at radius 1 is 1.21 bits per heavy atom. The zero-order valence-corrected chi connectivity index (χ0v) is 11.2. The second-order valence-corrected chi connectivity index (χ2v) is 5.03. The molecule has 0 radical (unpaired) electrons. The topological polar surface area (TPSA) is 48.2 Å². The van der Waals surface area contributed by atoms with Crippen molar-refractivity contribution in [1.29, 1.82) is 0 Å². The first-order valence-electron chi connectivity index (χ1n) is 5.84. The number of thiophene rings is 1. The normalized spacial score (nSPS) is 10.6.